The van der Waals surface area contributed by atoms with E-state index in [9.17, 15) is 13.2 Å². The minimum Gasteiger partial charge on any atom is -0.494 e. The van der Waals surface area contributed by atoms with Crippen molar-refractivity contribution in [1.82, 2.24) is 5.32 Å². The maximum absolute atomic E-state index is 13.4. The van der Waals surface area contributed by atoms with Crippen LogP contribution >= 0.6 is 0 Å². The molecule has 0 saturated heterocycles. The van der Waals surface area contributed by atoms with Gasteiger partial charge < -0.3 is 10.1 Å². The van der Waals surface area contributed by atoms with Gasteiger partial charge in [0.25, 0.3) is 10.0 Å². The van der Waals surface area contributed by atoms with Crippen molar-refractivity contribution in [3.63, 3.8) is 0 Å². The number of carbonyl (C=O) groups is 1. The van der Waals surface area contributed by atoms with Crippen molar-refractivity contribution in [1.29, 1.82) is 0 Å². The lowest BCUT2D eigenvalue weighted by molar-refractivity contribution is -0.120. The van der Waals surface area contributed by atoms with Crippen LogP contribution in [0.15, 0.2) is 77.7 Å². The molecule has 3 rings (SSSR count). The van der Waals surface area contributed by atoms with Crippen LogP contribution in [-0.2, 0) is 14.8 Å². The molecule has 0 spiro atoms. The Balaban J connectivity index is 1.88. The van der Waals surface area contributed by atoms with Crippen LogP contribution in [0.1, 0.15) is 36.6 Å². The first kappa shape index (κ1) is 24.3. The first-order chi connectivity index (χ1) is 15.7. The molecule has 1 amide bonds. The molecule has 33 heavy (non-hydrogen) atoms. The molecule has 0 heterocycles. The first-order valence-corrected chi connectivity index (χ1v) is 12.3. The van der Waals surface area contributed by atoms with Crippen molar-refractivity contribution in [3.05, 3.63) is 89.5 Å². The highest BCUT2D eigenvalue weighted by atomic mass is 32.2. The zero-order valence-corrected chi connectivity index (χ0v) is 20.2. The van der Waals surface area contributed by atoms with E-state index in [0.717, 1.165) is 21.0 Å². The molecular formula is C26H30N2O4S. The Morgan fingerprint density at radius 1 is 1.00 bits per heavy atom. The number of amides is 1. The molecular weight excluding hydrogens is 436 g/mol. The lowest BCUT2D eigenvalue weighted by atomic mass is 10.0. The number of aryl methyl sites for hydroxylation is 2. The van der Waals surface area contributed by atoms with E-state index in [1.807, 2.05) is 39.8 Å². The van der Waals surface area contributed by atoms with Gasteiger partial charge in [-0.15, -0.1) is 0 Å². The molecule has 0 saturated carbocycles. The van der Waals surface area contributed by atoms with Gasteiger partial charge in [0.1, 0.15) is 12.3 Å². The summed E-state index contributed by atoms with van der Waals surface area (Å²) in [4.78, 5) is 13.1. The zero-order valence-electron chi connectivity index (χ0n) is 19.4. The predicted octanol–water partition coefficient (Wildman–Crippen LogP) is 4.77. The van der Waals surface area contributed by atoms with E-state index in [2.05, 4.69) is 11.4 Å². The molecule has 0 radical (unpaired) electrons. The summed E-state index contributed by atoms with van der Waals surface area (Å²) in [5.74, 6) is 0.238. The van der Waals surface area contributed by atoms with E-state index < -0.39 is 15.9 Å². The smallest absolute Gasteiger partial charge is 0.264 e. The van der Waals surface area contributed by atoms with Crippen LogP contribution < -0.4 is 14.4 Å². The van der Waals surface area contributed by atoms with E-state index in [4.69, 9.17) is 4.74 Å². The average Bonchev–Trinajstić information content (AvgIpc) is 2.78. The number of hydrogen-bond donors (Lipinski definition) is 1. The van der Waals surface area contributed by atoms with Gasteiger partial charge >= 0.3 is 0 Å². The summed E-state index contributed by atoms with van der Waals surface area (Å²) >= 11 is 0. The second kappa shape index (κ2) is 10.5. The van der Waals surface area contributed by atoms with E-state index in [1.165, 1.54) is 12.1 Å². The quantitative estimate of drug-likeness (QED) is 0.493. The van der Waals surface area contributed by atoms with E-state index in [0.29, 0.717) is 18.0 Å². The van der Waals surface area contributed by atoms with Crippen molar-refractivity contribution >= 4 is 21.6 Å². The fraction of sp³-hybridized carbons (Fsp3) is 0.269. The second-order valence-electron chi connectivity index (χ2n) is 7.90. The van der Waals surface area contributed by atoms with Gasteiger partial charge in [-0.2, -0.15) is 0 Å². The molecule has 3 aromatic rings. The van der Waals surface area contributed by atoms with Crippen molar-refractivity contribution in [3.8, 4) is 5.75 Å². The Kier molecular flexibility index (Phi) is 7.76. The van der Waals surface area contributed by atoms with Crippen LogP contribution in [0, 0.1) is 13.8 Å². The number of ether oxygens (including phenoxy) is 1. The third-order valence-electron chi connectivity index (χ3n) is 5.32. The lowest BCUT2D eigenvalue weighted by Gasteiger charge is -2.25. The minimum absolute atomic E-state index is 0.120. The number of nitrogens with one attached hydrogen (secondary N) is 1. The largest absolute Gasteiger partial charge is 0.494 e. The molecule has 0 unspecified atom stereocenters. The molecule has 6 nitrogen and oxygen atoms in total. The van der Waals surface area contributed by atoms with Crippen LogP contribution in [0.4, 0.5) is 5.69 Å². The number of rotatable bonds is 9. The van der Waals surface area contributed by atoms with Gasteiger partial charge in [0.2, 0.25) is 5.91 Å². The topological polar surface area (TPSA) is 75.7 Å². The maximum Gasteiger partial charge on any atom is 0.264 e. The van der Waals surface area contributed by atoms with Crippen molar-refractivity contribution in [2.45, 2.75) is 38.6 Å². The monoisotopic (exact) mass is 466 g/mol. The molecule has 0 aliphatic carbocycles. The molecule has 3 aromatic carbocycles. The Labute approximate surface area is 196 Å². The van der Waals surface area contributed by atoms with E-state index >= 15 is 0 Å². The average molecular weight is 467 g/mol. The second-order valence-corrected chi connectivity index (χ2v) is 9.76. The van der Waals surface area contributed by atoms with Crippen LogP contribution in [-0.4, -0.2) is 27.5 Å². The van der Waals surface area contributed by atoms with Gasteiger partial charge in [0, 0.05) is 0 Å². The van der Waals surface area contributed by atoms with Crippen LogP contribution in [0.2, 0.25) is 0 Å². The molecule has 0 aliphatic rings. The van der Waals surface area contributed by atoms with Crippen LogP contribution in [0.5, 0.6) is 5.75 Å². The molecule has 1 atom stereocenters. The number of anilines is 1. The summed E-state index contributed by atoms with van der Waals surface area (Å²) in [5.41, 5.74) is 3.59. The van der Waals surface area contributed by atoms with Gasteiger partial charge in [-0.3, -0.25) is 9.10 Å². The van der Waals surface area contributed by atoms with Gasteiger partial charge in [0.15, 0.2) is 0 Å². The van der Waals surface area contributed by atoms with Crippen LogP contribution in [0.3, 0.4) is 0 Å². The summed E-state index contributed by atoms with van der Waals surface area (Å²) in [6, 6.07) is 20.6. The highest BCUT2D eigenvalue weighted by Crippen LogP contribution is 2.26. The molecule has 0 fully saturated rings. The summed E-state index contributed by atoms with van der Waals surface area (Å²) < 4.78 is 33.5. The SMILES string of the molecule is CCOc1ccc(N(CC(=O)N[C@H](C)c2ccc(C)cc2C)S(=O)(=O)c2ccccc2)cc1. The van der Waals surface area contributed by atoms with E-state index in [-0.39, 0.29) is 17.5 Å². The van der Waals surface area contributed by atoms with Crippen molar-refractivity contribution in [2.24, 2.45) is 0 Å². The molecule has 174 valence electrons. The summed E-state index contributed by atoms with van der Waals surface area (Å²) in [7, 11) is -3.96. The van der Waals surface area contributed by atoms with Gasteiger partial charge in [0.05, 0.1) is 23.2 Å². The van der Waals surface area contributed by atoms with Crippen LogP contribution in [0.25, 0.3) is 0 Å². The molecule has 1 N–H and O–H groups in total. The summed E-state index contributed by atoms with van der Waals surface area (Å²) in [6.07, 6.45) is 0. The normalized spacial score (nSPS) is 12.1. The van der Waals surface area contributed by atoms with Crippen molar-refractivity contribution < 1.29 is 17.9 Å². The van der Waals surface area contributed by atoms with Crippen molar-refractivity contribution in [2.75, 3.05) is 17.5 Å². The number of nitrogens with zero attached hydrogens (tertiary/aromatic N) is 1. The maximum atomic E-state index is 13.4. The summed E-state index contributed by atoms with van der Waals surface area (Å²) in [6.45, 7) is 7.94. The zero-order chi connectivity index (χ0) is 24.0. The number of sulfonamides is 1. The Bertz CT molecular complexity index is 1190. The highest BCUT2D eigenvalue weighted by molar-refractivity contribution is 7.92. The van der Waals surface area contributed by atoms with Gasteiger partial charge in [-0.1, -0.05) is 42.0 Å². The minimum atomic E-state index is -3.96. The number of carbonyl (C=O) groups excluding carboxylic acids is 1. The Hall–Kier alpha value is -3.32. The third kappa shape index (κ3) is 5.93. The fourth-order valence-electron chi connectivity index (χ4n) is 3.72. The predicted molar refractivity (Wildman–Crippen MR) is 131 cm³/mol. The fourth-order valence-corrected chi connectivity index (χ4v) is 5.16. The standard InChI is InChI=1S/C26H30N2O4S/c1-5-32-23-14-12-22(13-15-23)28(33(30,31)24-9-7-6-8-10-24)18-26(29)27-21(4)25-16-11-19(2)17-20(25)3/h6-17,21H,5,18H2,1-4H3,(H,27,29)/t21-/m1/s1. The molecule has 0 bridgehead atoms. The Morgan fingerprint density at radius 3 is 2.27 bits per heavy atom. The Morgan fingerprint density at radius 2 is 1.67 bits per heavy atom. The molecule has 7 heteroatoms. The molecule has 0 aromatic heterocycles. The van der Waals surface area contributed by atoms with Gasteiger partial charge in [-0.25, -0.2) is 8.42 Å². The van der Waals surface area contributed by atoms with E-state index in [1.54, 1.807) is 42.5 Å². The number of benzene rings is 3. The molecule has 0 aliphatic heterocycles. The van der Waals surface area contributed by atoms with Gasteiger partial charge in [-0.05, 0) is 75.2 Å². The third-order valence-corrected chi connectivity index (χ3v) is 7.11. The lowest BCUT2D eigenvalue weighted by Crippen LogP contribution is -2.41. The number of hydrogen-bond acceptors (Lipinski definition) is 4. The highest BCUT2D eigenvalue weighted by Gasteiger charge is 2.27. The summed E-state index contributed by atoms with van der Waals surface area (Å²) in [5, 5.41) is 2.94. The first-order valence-electron chi connectivity index (χ1n) is 10.9.